The summed E-state index contributed by atoms with van der Waals surface area (Å²) in [5, 5.41) is 9.94. The van der Waals surface area contributed by atoms with Crippen LogP contribution in [0.4, 0.5) is 17.2 Å². The number of carbonyl (C=O) groups excluding carboxylic acids is 1. The van der Waals surface area contributed by atoms with Gasteiger partial charge >= 0.3 is 0 Å². The van der Waals surface area contributed by atoms with Gasteiger partial charge in [-0.1, -0.05) is 11.6 Å². The first-order chi connectivity index (χ1) is 9.70. The van der Waals surface area contributed by atoms with Crippen LogP contribution in [0.25, 0.3) is 0 Å². The maximum absolute atomic E-state index is 11.8. The standard InChI is InChI=1S/C15H17N3O2/c1-10-9-14(18-20-10)16-12-5-7-13(8-6-12)17-15(19)11-3-2-4-11/h5-9,11H,2-4H2,1H3,(H,16,18)(H,17,19). The Labute approximate surface area is 117 Å². The number of benzene rings is 1. The molecule has 1 aliphatic rings. The van der Waals surface area contributed by atoms with Crippen LogP contribution in [-0.4, -0.2) is 11.1 Å². The van der Waals surface area contributed by atoms with Crippen molar-refractivity contribution in [2.45, 2.75) is 26.2 Å². The zero-order valence-corrected chi connectivity index (χ0v) is 11.3. The van der Waals surface area contributed by atoms with Gasteiger partial charge in [-0.25, -0.2) is 0 Å². The molecule has 1 heterocycles. The second-order valence-electron chi connectivity index (χ2n) is 5.14. The lowest BCUT2D eigenvalue weighted by atomic mass is 9.85. The van der Waals surface area contributed by atoms with E-state index in [1.165, 1.54) is 0 Å². The Bertz CT molecular complexity index is 600. The van der Waals surface area contributed by atoms with Crippen molar-refractivity contribution >= 4 is 23.1 Å². The van der Waals surface area contributed by atoms with Gasteiger partial charge in [0.1, 0.15) is 5.76 Å². The predicted octanol–water partition coefficient (Wildman–Crippen LogP) is 3.47. The van der Waals surface area contributed by atoms with E-state index in [1.807, 2.05) is 37.3 Å². The highest BCUT2D eigenvalue weighted by molar-refractivity contribution is 5.93. The van der Waals surface area contributed by atoms with Crippen molar-refractivity contribution in [1.82, 2.24) is 5.16 Å². The average Bonchev–Trinajstić information content (AvgIpc) is 2.75. The highest BCUT2D eigenvalue weighted by Gasteiger charge is 2.24. The minimum absolute atomic E-state index is 0.129. The summed E-state index contributed by atoms with van der Waals surface area (Å²) < 4.78 is 4.99. The Morgan fingerprint density at radius 1 is 1.25 bits per heavy atom. The van der Waals surface area contributed by atoms with Crippen molar-refractivity contribution in [2.24, 2.45) is 5.92 Å². The van der Waals surface area contributed by atoms with Crippen LogP contribution in [-0.2, 0) is 4.79 Å². The van der Waals surface area contributed by atoms with E-state index >= 15 is 0 Å². The average molecular weight is 271 g/mol. The summed E-state index contributed by atoms with van der Waals surface area (Å²) in [6.45, 7) is 1.84. The maximum atomic E-state index is 11.8. The van der Waals surface area contributed by atoms with E-state index < -0.39 is 0 Å². The van der Waals surface area contributed by atoms with Gasteiger partial charge in [0.05, 0.1) is 0 Å². The molecule has 2 aromatic rings. The number of aromatic nitrogens is 1. The number of rotatable bonds is 4. The summed E-state index contributed by atoms with van der Waals surface area (Å²) in [6, 6.07) is 9.39. The molecule has 5 heteroatoms. The molecular weight excluding hydrogens is 254 g/mol. The second-order valence-corrected chi connectivity index (χ2v) is 5.14. The van der Waals surface area contributed by atoms with Crippen LogP contribution in [0.3, 0.4) is 0 Å². The van der Waals surface area contributed by atoms with E-state index in [4.69, 9.17) is 4.52 Å². The van der Waals surface area contributed by atoms with Gasteiger partial charge in [-0.05, 0) is 44.0 Å². The first kappa shape index (κ1) is 12.7. The van der Waals surface area contributed by atoms with Gasteiger partial charge in [0.25, 0.3) is 0 Å². The third-order valence-electron chi connectivity index (χ3n) is 3.53. The molecule has 0 radical (unpaired) electrons. The summed E-state index contributed by atoms with van der Waals surface area (Å²) in [5.74, 6) is 1.76. The molecule has 0 spiro atoms. The zero-order chi connectivity index (χ0) is 13.9. The molecule has 0 aliphatic heterocycles. The topological polar surface area (TPSA) is 67.2 Å². The van der Waals surface area contributed by atoms with Crippen molar-refractivity contribution in [3.63, 3.8) is 0 Å². The van der Waals surface area contributed by atoms with Crippen molar-refractivity contribution < 1.29 is 9.32 Å². The monoisotopic (exact) mass is 271 g/mol. The largest absolute Gasteiger partial charge is 0.360 e. The number of hydrogen-bond donors (Lipinski definition) is 2. The summed E-state index contributed by atoms with van der Waals surface area (Å²) >= 11 is 0. The Kier molecular flexibility index (Phi) is 3.41. The molecule has 0 atom stereocenters. The number of hydrogen-bond acceptors (Lipinski definition) is 4. The molecule has 0 unspecified atom stereocenters. The van der Waals surface area contributed by atoms with Gasteiger partial charge in [-0.3, -0.25) is 4.79 Å². The molecule has 1 amide bonds. The molecule has 1 aromatic heterocycles. The summed E-state index contributed by atoms with van der Waals surface area (Å²) in [5.41, 5.74) is 1.73. The normalized spacial score (nSPS) is 14.7. The lowest BCUT2D eigenvalue weighted by molar-refractivity contribution is -0.122. The Morgan fingerprint density at radius 2 is 1.95 bits per heavy atom. The molecule has 0 saturated heterocycles. The first-order valence-corrected chi connectivity index (χ1v) is 6.82. The summed E-state index contributed by atoms with van der Waals surface area (Å²) in [6.07, 6.45) is 3.19. The van der Waals surface area contributed by atoms with Crippen LogP contribution in [0.2, 0.25) is 0 Å². The first-order valence-electron chi connectivity index (χ1n) is 6.82. The van der Waals surface area contributed by atoms with Crippen LogP contribution >= 0.6 is 0 Å². The van der Waals surface area contributed by atoms with Crippen LogP contribution in [0, 0.1) is 12.8 Å². The van der Waals surface area contributed by atoms with Gasteiger partial charge in [-0.2, -0.15) is 0 Å². The fourth-order valence-electron chi connectivity index (χ4n) is 2.12. The lowest BCUT2D eigenvalue weighted by Gasteiger charge is -2.24. The van der Waals surface area contributed by atoms with E-state index in [0.717, 1.165) is 36.4 Å². The molecule has 0 bridgehead atoms. The maximum Gasteiger partial charge on any atom is 0.227 e. The smallest absolute Gasteiger partial charge is 0.227 e. The zero-order valence-electron chi connectivity index (χ0n) is 11.3. The van der Waals surface area contributed by atoms with E-state index in [1.54, 1.807) is 0 Å². The number of nitrogens with one attached hydrogen (secondary N) is 2. The third kappa shape index (κ3) is 2.82. The van der Waals surface area contributed by atoms with Gasteiger partial charge in [0, 0.05) is 23.4 Å². The number of carbonyl (C=O) groups is 1. The van der Waals surface area contributed by atoms with Gasteiger partial charge in [-0.15, -0.1) is 0 Å². The van der Waals surface area contributed by atoms with Crippen LogP contribution in [0.1, 0.15) is 25.0 Å². The number of amides is 1. The summed E-state index contributed by atoms with van der Waals surface area (Å²) in [4.78, 5) is 11.8. The molecule has 3 rings (SSSR count). The van der Waals surface area contributed by atoms with E-state index in [2.05, 4.69) is 15.8 Å². The predicted molar refractivity (Wildman–Crippen MR) is 76.9 cm³/mol. The lowest BCUT2D eigenvalue weighted by Crippen LogP contribution is -2.27. The third-order valence-corrected chi connectivity index (χ3v) is 3.53. The molecule has 1 saturated carbocycles. The number of anilines is 3. The number of nitrogens with zero attached hydrogens (tertiary/aromatic N) is 1. The molecule has 2 N–H and O–H groups in total. The van der Waals surface area contributed by atoms with E-state index in [9.17, 15) is 4.79 Å². The Balaban J connectivity index is 1.60. The quantitative estimate of drug-likeness (QED) is 0.893. The van der Waals surface area contributed by atoms with Crippen LogP contribution in [0.5, 0.6) is 0 Å². The fraction of sp³-hybridized carbons (Fsp3) is 0.333. The van der Waals surface area contributed by atoms with Gasteiger partial charge in [0.2, 0.25) is 5.91 Å². The summed E-state index contributed by atoms with van der Waals surface area (Å²) in [7, 11) is 0. The van der Waals surface area contributed by atoms with E-state index in [-0.39, 0.29) is 11.8 Å². The minimum atomic E-state index is 0.129. The molecule has 1 aromatic carbocycles. The highest BCUT2D eigenvalue weighted by Crippen LogP contribution is 2.28. The molecule has 1 aliphatic carbocycles. The molecular formula is C15H17N3O2. The molecule has 104 valence electrons. The van der Waals surface area contributed by atoms with Gasteiger partial charge in [0.15, 0.2) is 5.82 Å². The molecule has 20 heavy (non-hydrogen) atoms. The van der Waals surface area contributed by atoms with Crippen LogP contribution < -0.4 is 10.6 Å². The molecule has 1 fully saturated rings. The van der Waals surface area contributed by atoms with Crippen molar-refractivity contribution in [1.29, 1.82) is 0 Å². The second kappa shape index (κ2) is 5.36. The Morgan fingerprint density at radius 3 is 2.50 bits per heavy atom. The minimum Gasteiger partial charge on any atom is -0.360 e. The van der Waals surface area contributed by atoms with Crippen molar-refractivity contribution in [2.75, 3.05) is 10.6 Å². The van der Waals surface area contributed by atoms with Crippen molar-refractivity contribution in [3.05, 3.63) is 36.1 Å². The van der Waals surface area contributed by atoms with Crippen molar-refractivity contribution in [3.8, 4) is 0 Å². The highest BCUT2D eigenvalue weighted by atomic mass is 16.5. The molecule has 5 nitrogen and oxygen atoms in total. The fourth-order valence-corrected chi connectivity index (χ4v) is 2.12. The Hall–Kier alpha value is -2.30. The number of aryl methyl sites for hydroxylation is 1. The van der Waals surface area contributed by atoms with E-state index in [0.29, 0.717) is 5.82 Å². The van der Waals surface area contributed by atoms with Crippen LogP contribution in [0.15, 0.2) is 34.9 Å². The SMILES string of the molecule is Cc1cc(Nc2ccc(NC(=O)C3CCC3)cc2)no1. The van der Waals surface area contributed by atoms with Gasteiger partial charge < -0.3 is 15.2 Å².